The van der Waals surface area contributed by atoms with Crippen molar-refractivity contribution in [3.05, 3.63) is 34.1 Å². The molecular formula is C10H13FN2O5S. The Morgan fingerprint density at radius 1 is 1.47 bits per heavy atom. The maximum atomic E-state index is 13.3. The van der Waals surface area contributed by atoms with E-state index in [0.717, 1.165) is 12.1 Å². The highest BCUT2D eigenvalue weighted by Crippen LogP contribution is 2.20. The second kappa shape index (κ2) is 5.19. The minimum absolute atomic E-state index is 0.270. The number of sulfonamides is 1. The van der Waals surface area contributed by atoms with Crippen molar-refractivity contribution in [3.8, 4) is 0 Å². The SMILES string of the molecule is CC(C)(O)CNS(=O)(=O)c1ccc([N+](=O)[O-])c(F)c1. The Morgan fingerprint density at radius 2 is 2.05 bits per heavy atom. The lowest BCUT2D eigenvalue weighted by Gasteiger charge is -2.17. The van der Waals surface area contributed by atoms with Gasteiger partial charge in [0.1, 0.15) is 0 Å². The molecule has 1 aromatic carbocycles. The molecule has 0 fully saturated rings. The molecule has 2 N–H and O–H groups in total. The Morgan fingerprint density at radius 3 is 2.47 bits per heavy atom. The number of hydrogen-bond donors (Lipinski definition) is 2. The molecule has 19 heavy (non-hydrogen) atoms. The zero-order valence-corrected chi connectivity index (χ0v) is 11.1. The normalized spacial score (nSPS) is 12.4. The maximum Gasteiger partial charge on any atom is 0.304 e. The number of nitro groups is 1. The number of halogens is 1. The molecule has 1 rings (SSSR count). The van der Waals surface area contributed by atoms with Gasteiger partial charge < -0.3 is 5.11 Å². The predicted molar refractivity (Wildman–Crippen MR) is 64.5 cm³/mol. The predicted octanol–water partition coefficient (Wildman–Crippen LogP) is 0.783. The second-order valence-electron chi connectivity index (χ2n) is 4.51. The van der Waals surface area contributed by atoms with E-state index in [1.165, 1.54) is 13.8 Å². The molecule has 0 spiro atoms. The van der Waals surface area contributed by atoms with Crippen LogP contribution in [0.5, 0.6) is 0 Å². The van der Waals surface area contributed by atoms with Crippen LogP contribution < -0.4 is 4.72 Å². The number of nitrogens with one attached hydrogen (secondary N) is 1. The van der Waals surface area contributed by atoms with Crippen molar-refractivity contribution in [2.24, 2.45) is 0 Å². The average molecular weight is 292 g/mol. The van der Waals surface area contributed by atoms with Crippen molar-refractivity contribution in [1.29, 1.82) is 0 Å². The number of rotatable bonds is 5. The number of hydrogen-bond acceptors (Lipinski definition) is 5. The molecule has 0 aliphatic heterocycles. The van der Waals surface area contributed by atoms with E-state index in [-0.39, 0.29) is 6.54 Å². The van der Waals surface area contributed by atoms with Crippen molar-refractivity contribution in [2.75, 3.05) is 6.54 Å². The van der Waals surface area contributed by atoms with E-state index in [1.54, 1.807) is 0 Å². The molecule has 1 aromatic rings. The molecule has 0 unspecified atom stereocenters. The van der Waals surface area contributed by atoms with E-state index in [9.17, 15) is 28.0 Å². The topological polar surface area (TPSA) is 110 Å². The van der Waals surface area contributed by atoms with Gasteiger partial charge in [-0.05, 0) is 19.9 Å². The standard InChI is InChI=1S/C10H13FN2O5S/c1-10(2,14)6-12-19(17,18)7-3-4-9(13(15)16)8(11)5-7/h3-5,12,14H,6H2,1-2H3. The van der Waals surface area contributed by atoms with E-state index in [0.29, 0.717) is 6.07 Å². The lowest BCUT2D eigenvalue weighted by atomic mass is 10.1. The summed E-state index contributed by atoms with van der Waals surface area (Å²) in [6.45, 7) is 2.52. The smallest absolute Gasteiger partial charge is 0.304 e. The van der Waals surface area contributed by atoms with Crippen molar-refractivity contribution in [1.82, 2.24) is 4.72 Å². The number of nitro benzene ring substituents is 1. The van der Waals surface area contributed by atoms with Crippen LogP contribution in [0.3, 0.4) is 0 Å². The third kappa shape index (κ3) is 4.23. The van der Waals surface area contributed by atoms with Crippen LogP contribution in [0.4, 0.5) is 10.1 Å². The summed E-state index contributed by atoms with van der Waals surface area (Å²) < 4.78 is 38.9. The Hall–Kier alpha value is -1.58. The van der Waals surface area contributed by atoms with Gasteiger partial charge in [-0.2, -0.15) is 4.39 Å². The van der Waals surface area contributed by atoms with Gasteiger partial charge in [-0.3, -0.25) is 10.1 Å². The molecule has 0 bridgehead atoms. The first kappa shape index (κ1) is 15.5. The van der Waals surface area contributed by atoms with E-state index >= 15 is 0 Å². The average Bonchev–Trinajstić information content (AvgIpc) is 2.25. The summed E-state index contributed by atoms with van der Waals surface area (Å²) in [6.07, 6.45) is 0. The van der Waals surface area contributed by atoms with Crippen molar-refractivity contribution in [3.63, 3.8) is 0 Å². The van der Waals surface area contributed by atoms with Crippen LogP contribution in [0.2, 0.25) is 0 Å². The van der Waals surface area contributed by atoms with Gasteiger partial charge in [0, 0.05) is 18.7 Å². The quantitative estimate of drug-likeness (QED) is 0.615. The largest absolute Gasteiger partial charge is 0.389 e. The highest BCUT2D eigenvalue weighted by atomic mass is 32.2. The summed E-state index contributed by atoms with van der Waals surface area (Å²) in [4.78, 5) is 9.01. The Kier molecular flexibility index (Phi) is 4.23. The first-order chi connectivity index (χ1) is 8.53. The Bertz CT molecular complexity index is 594. The van der Waals surface area contributed by atoms with Gasteiger partial charge in [0.2, 0.25) is 15.8 Å². The summed E-state index contributed by atoms with van der Waals surface area (Å²) in [5.41, 5.74) is -2.08. The summed E-state index contributed by atoms with van der Waals surface area (Å²) in [5.74, 6) is -1.24. The summed E-state index contributed by atoms with van der Waals surface area (Å²) in [7, 11) is -4.03. The van der Waals surface area contributed by atoms with Crippen molar-refractivity contribution >= 4 is 15.7 Å². The van der Waals surface area contributed by atoms with Gasteiger partial charge >= 0.3 is 5.69 Å². The van der Waals surface area contributed by atoms with Crippen LogP contribution in [0.15, 0.2) is 23.1 Å². The van der Waals surface area contributed by atoms with E-state index in [1.807, 2.05) is 0 Å². The highest BCUT2D eigenvalue weighted by molar-refractivity contribution is 7.89. The fourth-order valence-corrected chi connectivity index (χ4v) is 2.37. The molecule has 0 atom stereocenters. The van der Waals surface area contributed by atoms with Crippen molar-refractivity contribution < 1.29 is 22.8 Å². The van der Waals surface area contributed by atoms with Gasteiger partial charge in [-0.15, -0.1) is 0 Å². The highest BCUT2D eigenvalue weighted by Gasteiger charge is 2.23. The van der Waals surface area contributed by atoms with Crippen LogP contribution in [0.1, 0.15) is 13.8 Å². The zero-order chi connectivity index (χ0) is 14.8. The number of aliphatic hydroxyl groups is 1. The summed E-state index contributed by atoms with van der Waals surface area (Å²) in [5, 5.41) is 19.8. The molecule has 9 heteroatoms. The number of benzene rings is 1. The molecule has 0 saturated carbocycles. The lowest BCUT2D eigenvalue weighted by Crippen LogP contribution is -2.38. The van der Waals surface area contributed by atoms with Gasteiger partial charge in [-0.25, -0.2) is 13.1 Å². The summed E-state index contributed by atoms with van der Waals surface area (Å²) >= 11 is 0. The van der Waals surface area contributed by atoms with E-state index in [4.69, 9.17) is 0 Å². The lowest BCUT2D eigenvalue weighted by molar-refractivity contribution is -0.387. The molecule has 7 nitrogen and oxygen atoms in total. The monoisotopic (exact) mass is 292 g/mol. The fraction of sp³-hybridized carbons (Fsp3) is 0.400. The van der Waals surface area contributed by atoms with Crippen LogP contribution in [-0.4, -0.2) is 30.6 Å². The zero-order valence-electron chi connectivity index (χ0n) is 10.3. The van der Waals surface area contributed by atoms with Crippen LogP contribution in [-0.2, 0) is 10.0 Å². The molecular weight excluding hydrogens is 279 g/mol. The molecule has 0 amide bonds. The molecule has 0 heterocycles. The van der Waals surface area contributed by atoms with Crippen molar-refractivity contribution in [2.45, 2.75) is 24.3 Å². The molecule has 106 valence electrons. The first-order valence-electron chi connectivity index (χ1n) is 5.19. The molecule has 0 aliphatic carbocycles. The molecule has 0 radical (unpaired) electrons. The van der Waals surface area contributed by atoms with Crippen LogP contribution in [0.25, 0.3) is 0 Å². The second-order valence-corrected chi connectivity index (χ2v) is 6.27. The Balaban J connectivity index is 3.03. The van der Waals surface area contributed by atoms with Gasteiger partial charge in [-0.1, -0.05) is 0 Å². The number of nitrogens with zero attached hydrogens (tertiary/aromatic N) is 1. The van der Waals surface area contributed by atoms with Gasteiger partial charge in [0.05, 0.1) is 15.4 Å². The van der Waals surface area contributed by atoms with E-state index < -0.39 is 36.9 Å². The minimum Gasteiger partial charge on any atom is -0.389 e. The van der Waals surface area contributed by atoms with E-state index in [2.05, 4.69) is 4.72 Å². The van der Waals surface area contributed by atoms with Gasteiger partial charge in [0.15, 0.2) is 0 Å². The third-order valence-corrected chi connectivity index (χ3v) is 3.52. The van der Waals surface area contributed by atoms with Gasteiger partial charge in [0.25, 0.3) is 0 Å². The maximum absolute atomic E-state index is 13.3. The van der Waals surface area contributed by atoms with Crippen LogP contribution in [0, 0.1) is 15.9 Å². The Labute approximate surface area is 109 Å². The molecule has 0 aromatic heterocycles. The minimum atomic E-state index is -4.03. The summed E-state index contributed by atoms with van der Waals surface area (Å²) in [6, 6.07) is 2.26. The fourth-order valence-electron chi connectivity index (χ4n) is 1.16. The molecule has 0 saturated heterocycles. The van der Waals surface area contributed by atoms with Crippen LogP contribution >= 0.6 is 0 Å². The third-order valence-electron chi connectivity index (χ3n) is 2.12. The molecule has 0 aliphatic rings. The first-order valence-corrected chi connectivity index (χ1v) is 6.67.